The van der Waals surface area contributed by atoms with Crippen LogP contribution in [0.15, 0.2) is 48.5 Å². The Bertz CT molecular complexity index is 624. The van der Waals surface area contributed by atoms with Crippen LogP contribution in [0.1, 0.15) is 27.0 Å². The van der Waals surface area contributed by atoms with Crippen molar-refractivity contribution in [2.75, 3.05) is 13.1 Å². The Morgan fingerprint density at radius 1 is 1.00 bits per heavy atom. The molecule has 2 N–H and O–H groups in total. The number of fused-ring (bicyclic) bond motifs is 1. The Morgan fingerprint density at radius 2 is 1.67 bits per heavy atom. The van der Waals surface area contributed by atoms with Gasteiger partial charge in [0.1, 0.15) is 0 Å². The van der Waals surface area contributed by atoms with E-state index in [1.807, 2.05) is 29.2 Å². The standard InChI is InChI=1S/C18H20N2O/c19-13-14-4-3-7-17(12-14)18(21)20-10-8-15-5-1-2-6-16(15)9-11-20/h1-7,12H,8-11,13,19H2. The Balaban J connectivity index is 1.77. The molecule has 0 radical (unpaired) electrons. The zero-order chi connectivity index (χ0) is 14.7. The molecule has 0 aliphatic carbocycles. The van der Waals surface area contributed by atoms with Crippen molar-refractivity contribution in [2.45, 2.75) is 19.4 Å². The van der Waals surface area contributed by atoms with E-state index in [-0.39, 0.29) is 5.91 Å². The van der Waals surface area contributed by atoms with Crippen LogP contribution in [0.2, 0.25) is 0 Å². The molecule has 3 rings (SSSR count). The lowest BCUT2D eigenvalue weighted by atomic mass is 10.0. The van der Waals surface area contributed by atoms with Gasteiger partial charge in [-0.15, -0.1) is 0 Å². The van der Waals surface area contributed by atoms with Gasteiger partial charge in [0.15, 0.2) is 0 Å². The Hall–Kier alpha value is -2.13. The summed E-state index contributed by atoms with van der Waals surface area (Å²) in [7, 11) is 0. The minimum absolute atomic E-state index is 0.109. The van der Waals surface area contributed by atoms with E-state index >= 15 is 0 Å². The zero-order valence-electron chi connectivity index (χ0n) is 12.1. The lowest BCUT2D eigenvalue weighted by Crippen LogP contribution is -2.33. The van der Waals surface area contributed by atoms with E-state index in [0.29, 0.717) is 6.54 Å². The van der Waals surface area contributed by atoms with E-state index in [9.17, 15) is 4.79 Å². The molecule has 108 valence electrons. The van der Waals surface area contributed by atoms with Crippen molar-refractivity contribution in [1.82, 2.24) is 4.90 Å². The van der Waals surface area contributed by atoms with E-state index < -0.39 is 0 Å². The molecule has 1 aliphatic heterocycles. The fourth-order valence-corrected chi connectivity index (χ4v) is 2.88. The van der Waals surface area contributed by atoms with Gasteiger partial charge in [-0.1, -0.05) is 36.4 Å². The summed E-state index contributed by atoms with van der Waals surface area (Å²) in [6.45, 7) is 2.03. The number of carbonyl (C=O) groups is 1. The molecular formula is C18H20N2O. The molecule has 0 saturated heterocycles. The van der Waals surface area contributed by atoms with Gasteiger partial charge in [-0.3, -0.25) is 4.79 Å². The molecule has 2 aromatic carbocycles. The lowest BCUT2D eigenvalue weighted by Gasteiger charge is -2.20. The highest BCUT2D eigenvalue weighted by Crippen LogP contribution is 2.17. The van der Waals surface area contributed by atoms with Crippen molar-refractivity contribution in [1.29, 1.82) is 0 Å². The second kappa shape index (κ2) is 6.10. The molecule has 21 heavy (non-hydrogen) atoms. The van der Waals surface area contributed by atoms with Crippen LogP contribution in [0, 0.1) is 0 Å². The van der Waals surface area contributed by atoms with E-state index in [1.165, 1.54) is 11.1 Å². The molecular weight excluding hydrogens is 260 g/mol. The number of nitrogens with two attached hydrogens (primary N) is 1. The summed E-state index contributed by atoms with van der Waals surface area (Å²) in [6, 6.07) is 16.1. The topological polar surface area (TPSA) is 46.3 Å². The molecule has 3 heteroatoms. The van der Waals surface area contributed by atoms with Crippen LogP contribution in [-0.4, -0.2) is 23.9 Å². The number of carbonyl (C=O) groups excluding carboxylic acids is 1. The third-order valence-electron chi connectivity index (χ3n) is 4.12. The van der Waals surface area contributed by atoms with Gasteiger partial charge in [0.05, 0.1) is 0 Å². The maximum absolute atomic E-state index is 12.7. The highest BCUT2D eigenvalue weighted by molar-refractivity contribution is 5.94. The van der Waals surface area contributed by atoms with Gasteiger partial charge < -0.3 is 10.6 Å². The summed E-state index contributed by atoms with van der Waals surface area (Å²) in [6.07, 6.45) is 1.86. The fourth-order valence-electron chi connectivity index (χ4n) is 2.88. The van der Waals surface area contributed by atoms with Crippen LogP contribution in [-0.2, 0) is 19.4 Å². The number of nitrogens with zero attached hydrogens (tertiary/aromatic N) is 1. The van der Waals surface area contributed by atoms with Crippen LogP contribution < -0.4 is 5.73 Å². The third kappa shape index (κ3) is 2.98. The van der Waals surface area contributed by atoms with Crippen LogP contribution in [0.4, 0.5) is 0 Å². The van der Waals surface area contributed by atoms with Gasteiger partial charge in [-0.25, -0.2) is 0 Å². The van der Waals surface area contributed by atoms with Gasteiger partial charge in [-0.2, -0.15) is 0 Å². The quantitative estimate of drug-likeness (QED) is 0.918. The average molecular weight is 280 g/mol. The first-order valence-corrected chi connectivity index (χ1v) is 7.43. The first-order valence-electron chi connectivity index (χ1n) is 7.43. The van der Waals surface area contributed by atoms with Crippen molar-refractivity contribution in [3.63, 3.8) is 0 Å². The largest absolute Gasteiger partial charge is 0.338 e. The summed E-state index contributed by atoms with van der Waals surface area (Å²) in [5.41, 5.74) is 10.1. The molecule has 3 nitrogen and oxygen atoms in total. The molecule has 1 heterocycles. The first-order chi connectivity index (χ1) is 10.3. The lowest BCUT2D eigenvalue weighted by molar-refractivity contribution is 0.0763. The molecule has 0 fully saturated rings. The van der Waals surface area contributed by atoms with Crippen molar-refractivity contribution in [3.8, 4) is 0 Å². The maximum Gasteiger partial charge on any atom is 0.253 e. The zero-order valence-corrected chi connectivity index (χ0v) is 12.1. The minimum atomic E-state index is 0.109. The van der Waals surface area contributed by atoms with Gasteiger partial charge >= 0.3 is 0 Å². The van der Waals surface area contributed by atoms with Gasteiger partial charge in [-0.05, 0) is 41.7 Å². The summed E-state index contributed by atoms with van der Waals surface area (Å²) < 4.78 is 0. The van der Waals surface area contributed by atoms with Crippen molar-refractivity contribution in [2.24, 2.45) is 5.73 Å². The van der Waals surface area contributed by atoms with Crippen molar-refractivity contribution >= 4 is 5.91 Å². The summed E-state index contributed by atoms with van der Waals surface area (Å²) in [5.74, 6) is 0.109. The minimum Gasteiger partial charge on any atom is -0.338 e. The van der Waals surface area contributed by atoms with E-state index in [1.54, 1.807) is 0 Å². The number of amides is 1. The Labute approximate surface area is 125 Å². The summed E-state index contributed by atoms with van der Waals surface area (Å²) in [5, 5.41) is 0. The van der Waals surface area contributed by atoms with Gasteiger partial charge in [0, 0.05) is 25.2 Å². The molecule has 0 saturated carbocycles. The molecule has 2 aromatic rings. The van der Waals surface area contributed by atoms with Crippen molar-refractivity contribution < 1.29 is 4.79 Å². The number of rotatable bonds is 2. The molecule has 0 unspecified atom stereocenters. The van der Waals surface area contributed by atoms with Crippen LogP contribution in [0.5, 0.6) is 0 Å². The van der Waals surface area contributed by atoms with Crippen LogP contribution >= 0.6 is 0 Å². The Morgan fingerprint density at radius 3 is 2.29 bits per heavy atom. The highest BCUT2D eigenvalue weighted by atomic mass is 16.2. The van der Waals surface area contributed by atoms with Gasteiger partial charge in [0.25, 0.3) is 5.91 Å². The molecule has 1 aliphatic rings. The first kappa shape index (κ1) is 13.8. The predicted molar refractivity (Wildman–Crippen MR) is 84.1 cm³/mol. The number of benzene rings is 2. The SMILES string of the molecule is NCc1cccc(C(=O)N2CCc3ccccc3CC2)c1. The second-order valence-electron chi connectivity index (χ2n) is 5.47. The smallest absolute Gasteiger partial charge is 0.253 e. The number of hydrogen-bond donors (Lipinski definition) is 1. The maximum atomic E-state index is 12.7. The van der Waals surface area contributed by atoms with Gasteiger partial charge in [0.2, 0.25) is 0 Å². The Kier molecular flexibility index (Phi) is 4.02. The average Bonchev–Trinajstić information content (AvgIpc) is 2.77. The predicted octanol–water partition coefficient (Wildman–Crippen LogP) is 2.39. The molecule has 1 amide bonds. The molecule has 0 aromatic heterocycles. The third-order valence-corrected chi connectivity index (χ3v) is 4.12. The summed E-state index contributed by atoms with van der Waals surface area (Å²) in [4.78, 5) is 14.6. The highest BCUT2D eigenvalue weighted by Gasteiger charge is 2.19. The second-order valence-corrected chi connectivity index (χ2v) is 5.47. The normalized spacial score (nSPS) is 14.4. The van der Waals surface area contributed by atoms with E-state index in [0.717, 1.165) is 37.1 Å². The van der Waals surface area contributed by atoms with E-state index in [2.05, 4.69) is 24.3 Å². The van der Waals surface area contributed by atoms with Crippen molar-refractivity contribution in [3.05, 3.63) is 70.8 Å². The summed E-state index contributed by atoms with van der Waals surface area (Å²) >= 11 is 0. The molecule has 0 bridgehead atoms. The number of hydrogen-bond acceptors (Lipinski definition) is 2. The molecule has 0 atom stereocenters. The van der Waals surface area contributed by atoms with Crippen LogP contribution in [0.3, 0.4) is 0 Å². The van der Waals surface area contributed by atoms with E-state index in [4.69, 9.17) is 5.73 Å². The monoisotopic (exact) mass is 280 g/mol. The fraction of sp³-hybridized carbons (Fsp3) is 0.278. The molecule has 0 spiro atoms. The van der Waals surface area contributed by atoms with Crippen LogP contribution in [0.25, 0.3) is 0 Å².